The first-order valence-electron chi connectivity index (χ1n) is 9.21. The zero-order chi connectivity index (χ0) is 20.1. The highest BCUT2D eigenvalue weighted by atomic mass is 32.2. The third-order valence-corrected chi connectivity index (χ3v) is 5.29. The summed E-state index contributed by atoms with van der Waals surface area (Å²) in [6.07, 6.45) is 0. The third kappa shape index (κ3) is 4.81. The molecule has 0 unspecified atom stereocenters. The number of ether oxygens (including phenoxy) is 1. The fraction of sp³-hybridized carbons (Fsp3) is 0.318. The fourth-order valence-electron chi connectivity index (χ4n) is 2.69. The van der Waals surface area contributed by atoms with Crippen LogP contribution in [-0.4, -0.2) is 22.8 Å². The van der Waals surface area contributed by atoms with E-state index in [4.69, 9.17) is 9.15 Å². The molecule has 1 atom stereocenters. The van der Waals surface area contributed by atoms with E-state index in [1.54, 1.807) is 6.92 Å². The van der Waals surface area contributed by atoms with Gasteiger partial charge >= 0.3 is 5.97 Å². The van der Waals surface area contributed by atoms with Crippen molar-refractivity contribution in [2.75, 3.05) is 6.61 Å². The Morgan fingerprint density at radius 2 is 1.75 bits per heavy atom. The summed E-state index contributed by atoms with van der Waals surface area (Å²) in [7, 11) is 0. The smallest absolute Gasteiger partial charge is 0.324 e. The van der Waals surface area contributed by atoms with Crippen LogP contribution in [0.5, 0.6) is 0 Å². The summed E-state index contributed by atoms with van der Waals surface area (Å²) in [6.45, 7) is 8.61. The van der Waals surface area contributed by atoms with Crippen LogP contribution >= 0.6 is 11.8 Å². The molecule has 3 rings (SSSR count). The van der Waals surface area contributed by atoms with E-state index in [1.807, 2.05) is 42.5 Å². The number of aromatic nitrogens is 2. The average molecular weight is 397 g/mol. The first kappa shape index (κ1) is 20.1. The number of benzene rings is 2. The monoisotopic (exact) mass is 396 g/mol. The van der Waals surface area contributed by atoms with Crippen LogP contribution in [0.15, 0.2) is 64.2 Å². The summed E-state index contributed by atoms with van der Waals surface area (Å²) in [5, 5.41) is 8.02. The molecule has 1 heterocycles. The standard InChI is InChI=1S/C22H24N2O3S/c1-5-26-20(25)18(15-9-7-6-8-10-15)28-21-24-23-19(27-21)16-11-13-17(14-12-16)22(2,3)4/h6-14,18H,5H2,1-4H3/t18-/m0/s1. The minimum atomic E-state index is -0.558. The molecule has 0 aliphatic rings. The molecular weight excluding hydrogens is 372 g/mol. The summed E-state index contributed by atoms with van der Waals surface area (Å²) in [5.74, 6) is 0.103. The number of thioether (sulfide) groups is 1. The van der Waals surface area contributed by atoms with Gasteiger partial charge in [0.2, 0.25) is 5.89 Å². The molecule has 0 N–H and O–H groups in total. The molecule has 0 fully saturated rings. The van der Waals surface area contributed by atoms with Gasteiger partial charge in [-0.05, 0) is 47.4 Å². The Morgan fingerprint density at radius 1 is 1.07 bits per heavy atom. The first-order valence-corrected chi connectivity index (χ1v) is 10.1. The van der Waals surface area contributed by atoms with E-state index < -0.39 is 5.25 Å². The van der Waals surface area contributed by atoms with Gasteiger partial charge in [0.05, 0.1) is 6.61 Å². The Hall–Kier alpha value is -2.60. The molecule has 1 aromatic heterocycles. The van der Waals surface area contributed by atoms with E-state index in [2.05, 4.69) is 43.1 Å². The highest BCUT2D eigenvalue weighted by Gasteiger charge is 2.26. The molecule has 5 nitrogen and oxygen atoms in total. The van der Waals surface area contributed by atoms with Crippen molar-refractivity contribution in [1.29, 1.82) is 0 Å². The zero-order valence-electron chi connectivity index (χ0n) is 16.5. The Bertz CT molecular complexity index is 915. The van der Waals surface area contributed by atoms with Gasteiger partial charge in [0.1, 0.15) is 5.25 Å². The van der Waals surface area contributed by atoms with E-state index in [9.17, 15) is 4.79 Å². The van der Waals surface area contributed by atoms with Crippen molar-refractivity contribution in [3.63, 3.8) is 0 Å². The normalized spacial score (nSPS) is 12.6. The minimum absolute atomic E-state index is 0.0803. The second-order valence-corrected chi connectivity index (χ2v) is 8.42. The topological polar surface area (TPSA) is 65.2 Å². The summed E-state index contributed by atoms with van der Waals surface area (Å²) in [5.41, 5.74) is 2.99. The number of nitrogens with zero attached hydrogens (tertiary/aromatic N) is 2. The molecule has 0 aliphatic carbocycles. The van der Waals surface area contributed by atoms with Crippen molar-refractivity contribution >= 4 is 17.7 Å². The number of hydrogen-bond acceptors (Lipinski definition) is 6. The van der Waals surface area contributed by atoms with Crippen molar-refractivity contribution in [2.45, 2.75) is 43.6 Å². The predicted octanol–water partition coefficient (Wildman–Crippen LogP) is 5.43. The summed E-state index contributed by atoms with van der Waals surface area (Å²) in [6, 6.07) is 17.5. The molecule has 0 aliphatic heterocycles. The zero-order valence-corrected chi connectivity index (χ0v) is 17.3. The van der Waals surface area contributed by atoms with Gasteiger partial charge in [-0.1, -0.05) is 63.2 Å². The van der Waals surface area contributed by atoms with E-state index in [1.165, 1.54) is 17.3 Å². The van der Waals surface area contributed by atoms with Crippen molar-refractivity contribution in [2.24, 2.45) is 0 Å². The fourth-order valence-corrected chi connectivity index (χ4v) is 3.56. The quantitative estimate of drug-likeness (QED) is 0.409. The van der Waals surface area contributed by atoms with E-state index in [0.29, 0.717) is 17.7 Å². The van der Waals surface area contributed by atoms with Gasteiger partial charge in [0.25, 0.3) is 5.22 Å². The van der Waals surface area contributed by atoms with E-state index in [0.717, 1.165) is 11.1 Å². The lowest BCUT2D eigenvalue weighted by molar-refractivity contribution is -0.142. The SMILES string of the molecule is CCOC(=O)[C@@H](Sc1nnc(-c2ccc(C(C)(C)C)cc2)o1)c1ccccc1. The largest absolute Gasteiger partial charge is 0.465 e. The molecule has 0 bridgehead atoms. The van der Waals surface area contributed by atoms with Crippen molar-refractivity contribution in [3.05, 3.63) is 65.7 Å². The molecule has 6 heteroatoms. The molecule has 0 saturated carbocycles. The number of carbonyl (C=O) groups excluding carboxylic acids is 1. The molecular formula is C22H24N2O3S. The maximum Gasteiger partial charge on any atom is 0.324 e. The second-order valence-electron chi connectivity index (χ2n) is 7.36. The Kier molecular flexibility index (Phi) is 6.19. The maximum atomic E-state index is 12.4. The van der Waals surface area contributed by atoms with Crippen molar-refractivity contribution in [3.8, 4) is 11.5 Å². The maximum absolute atomic E-state index is 12.4. The van der Waals surface area contributed by atoms with Crippen LogP contribution < -0.4 is 0 Å². The van der Waals surface area contributed by atoms with Crippen molar-refractivity contribution < 1.29 is 13.9 Å². The van der Waals surface area contributed by atoms with E-state index >= 15 is 0 Å². The molecule has 0 radical (unpaired) electrons. The molecule has 0 amide bonds. The van der Waals surface area contributed by atoms with Gasteiger partial charge < -0.3 is 9.15 Å². The Balaban J connectivity index is 1.81. The Labute approximate surface area is 169 Å². The molecule has 146 valence electrons. The minimum Gasteiger partial charge on any atom is -0.465 e. The van der Waals surface area contributed by atoms with Crippen LogP contribution in [0.4, 0.5) is 0 Å². The van der Waals surface area contributed by atoms with Crippen LogP contribution in [0.1, 0.15) is 44.1 Å². The average Bonchev–Trinajstić information content (AvgIpc) is 3.15. The molecule has 28 heavy (non-hydrogen) atoms. The predicted molar refractivity (Wildman–Crippen MR) is 110 cm³/mol. The van der Waals surface area contributed by atoms with Crippen LogP contribution in [-0.2, 0) is 14.9 Å². The van der Waals surface area contributed by atoms with Crippen LogP contribution in [0.3, 0.4) is 0 Å². The lowest BCUT2D eigenvalue weighted by atomic mass is 9.87. The molecule has 3 aromatic rings. The molecule has 0 spiro atoms. The molecule has 2 aromatic carbocycles. The number of rotatable bonds is 6. The lowest BCUT2D eigenvalue weighted by Gasteiger charge is -2.18. The van der Waals surface area contributed by atoms with Crippen molar-refractivity contribution in [1.82, 2.24) is 10.2 Å². The number of hydrogen-bond donors (Lipinski definition) is 0. The number of esters is 1. The van der Waals surface area contributed by atoms with Crippen LogP contribution in [0.25, 0.3) is 11.5 Å². The van der Waals surface area contributed by atoms with Gasteiger partial charge in [-0.15, -0.1) is 10.2 Å². The van der Waals surface area contributed by atoms with Gasteiger partial charge in [-0.25, -0.2) is 0 Å². The first-order chi connectivity index (χ1) is 13.4. The Morgan fingerprint density at radius 3 is 2.36 bits per heavy atom. The number of carbonyl (C=O) groups is 1. The molecule has 0 saturated heterocycles. The second kappa shape index (κ2) is 8.61. The van der Waals surface area contributed by atoms with Crippen LogP contribution in [0.2, 0.25) is 0 Å². The van der Waals surface area contributed by atoms with Gasteiger partial charge in [0, 0.05) is 5.56 Å². The summed E-state index contributed by atoms with van der Waals surface area (Å²) >= 11 is 1.20. The van der Waals surface area contributed by atoms with Gasteiger partial charge in [0.15, 0.2) is 0 Å². The highest BCUT2D eigenvalue weighted by molar-refractivity contribution is 8.00. The lowest BCUT2D eigenvalue weighted by Crippen LogP contribution is -2.13. The third-order valence-electron chi connectivity index (χ3n) is 4.23. The highest BCUT2D eigenvalue weighted by Crippen LogP contribution is 2.36. The summed E-state index contributed by atoms with van der Waals surface area (Å²) < 4.78 is 11.0. The van der Waals surface area contributed by atoms with E-state index in [-0.39, 0.29) is 11.4 Å². The summed E-state index contributed by atoms with van der Waals surface area (Å²) in [4.78, 5) is 12.4. The van der Waals surface area contributed by atoms with Gasteiger partial charge in [-0.2, -0.15) is 0 Å². The van der Waals surface area contributed by atoms with Gasteiger partial charge in [-0.3, -0.25) is 4.79 Å². The van der Waals surface area contributed by atoms with Crippen LogP contribution in [0, 0.1) is 0 Å².